The van der Waals surface area contributed by atoms with Gasteiger partial charge in [-0.15, -0.1) is 0 Å². The summed E-state index contributed by atoms with van der Waals surface area (Å²) < 4.78 is 0. The maximum atomic E-state index is 13.3. The number of urea groups is 1. The number of hydrogen-bond donors (Lipinski definition) is 1. The number of nitrogens with zero attached hydrogens (tertiary/aromatic N) is 2. The average molecular weight is 412 g/mol. The van der Waals surface area contributed by atoms with Crippen LogP contribution >= 0.6 is 11.6 Å². The van der Waals surface area contributed by atoms with Crippen LogP contribution in [0, 0.1) is 0 Å². The predicted molar refractivity (Wildman–Crippen MR) is 111 cm³/mol. The first-order valence-corrected chi connectivity index (χ1v) is 10.1. The minimum absolute atomic E-state index is 0.0236. The molecule has 1 N–H and O–H groups in total. The van der Waals surface area contributed by atoms with Crippen molar-refractivity contribution in [3.63, 3.8) is 0 Å². The van der Waals surface area contributed by atoms with Gasteiger partial charge in [0.2, 0.25) is 5.91 Å². The second kappa shape index (κ2) is 7.19. The summed E-state index contributed by atoms with van der Waals surface area (Å²) in [5.74, 6) is -0.704. The predicted octanol–water partition coefficient (Wildman–Crippen LogP) is 3.47. The molecule has 2 aliphatic heterocycles. The SMILES string of the molecule is CC[C@]1(c2cccc(Cl)c2)NC(=O)N(CC(=O)N2c3ccccc3C[C@@H]2C)C1=O. The lowest BCUT2D eigenvalue weighted by Crippen LogP contribution is -2.46. The molecular formula is C22H22ClN3O3. The Bertz CT molecular complexity index is 1010. The van der Waals surface area contributed by atoms with Crippen molar-refractivity contribution in [2.24, 2.45) is 0 Å². The van der Waals surface area contributed by atoms with E-state index in [4.69, 9.17) is 11.6 Å². The first kappa shape index (κ1) is 19.5. The molecule has 0 aromatic heterocycles. The van der Waals surface area contributed by atoms with Crippen LogP contribution in [0.3, 0.4) is 0 Å². The smallest absolute Gasteiger partial charge is 0.319 e. The number of imide groups is 1. The lowest BCUT2D eigenvalue weighted by molar-refractivity contribution is -0.134. The van der Waals surface area contributed by atoms with Gasteiger partial charge in [-0.25, -0.2) is 4.79 Å². The van der Waals surface area contributed by atoms with E-state index in [-0.39, 0.29) is 18.5 Å². The van der Waals surface area contributed by atoms with E-state index in [1.807, 2.05) is 38.1 Å². The fraction of sp³-hybridized carbons (Fsp3) is 0.318. The van der Waals surface area contributed by atoms with E-state index in [2.05, 4.69) is 5.32 Å². The van der Waals surface area contributed by atoms with Gasteiger partial charge >= 0.3 is 6.03 Å². The Morgan fingerprint density at radius 3 is 2.69 bits per heavy atom. The number of halogens is 1. The summed E-state index contributed by atoms with van der Waals surface area (Å²) >= 11 is 6.10. The standard InChI is InChI=1S/C22H22ClN3O3/c1-3-22(16-8-6-9-17(23)12-16)20(28)25(21(29)24-22)13-19(27)26-14(2)11-15-7-4-5-10-18(15)26/h4-10,12,14H,3,11,13H2,1-2H3,(H,24,29)/t14-,22+/m0/s1. The minimum Gasteiger partial charge on any atom is -0.319 e. The molecule has 0 radical (unpaired) electrons. The van der Waals surface area contributed by atoms with Gasteiger partial charge in [0.25, 0.3) is 5.91 Å². The van der Waals surface area contributed by atoms with Crippen molar-refractivity contribution in [3.05, 3.63) is 64.7 Å². The highest BCUT2D eigenvalue weighted by Crippen LogP contribution is 2.35. The summed E-state index contributed by atoms with van der Waals surface area (Å²) in [6.45, 7) is 3.49. The van der Waals surface area contributed by atoms with E-state index in [0.717, 1.165) is 22.6 Å². The molecule has 2 heterocycles. The van der Waals surface area contributed by atoms with E-state index in [1.165, 1.54) is 0 Å². The highest BCUT2D eigenvalue weighted by molar-refractivity contribution is 6.30. The van der Waals surface area contributed by atoms with Gasteiger partial charge in [0.1, 0.15) is 12.1 Å². The maximum absolute atomic E-state index is 13.3. The van der Waals surface area contributed by atoms with Crippen LogP contribution in [0.25, 0.3) is 0 Å². The summed E-state index contributed by atoms with van der Waals surface area (Å²) in [5, 5.41) is 3.28. The molecule has 2 atom stereocenters. The lowest BCUT2D eigenvalue weighted by Gasteiger charge is -2.27. The van der Waals surface area contributed by atoms with E-state index in [9.17, 15) is 14.4 Å². The van der Waals surface area contributed by atoms with Crippen molar-refractivity contribution in [1.29, 1.82) is 0 Å². The number of carbonyl (C=O) groups excluding carboxylic acids is 3. The fourth-order valence-electron chi connectivity index (χ4n) is 4.32. The van der Waals surface area contributed by atoms with Gasteiger partial charge < -0.3 is 10.2 Å². The van der Waals surface area contributed by atoms with Gasteiger partial charge in [-0.1, -0.05) is 48.9 Å². The van der Waals surface area contributed by atoms with Gasteiger partial charge in [-0.05, 0) is 49.1 Å². The zero-order valence-corrected chi connectivity index (χ0v) is 17.1. The first-order valence-electron chi connectivity index (χ1n) is 9.67. The third kappa shape index (κ3) is 3.08. The normalized spacial score (nSPS) is 23.3. The molecule has 0 unspecified atom stereocenters. The third-order valence-corrected chi connectivity index (χ3v) is 6.03. The fourth-order valence-corrected chi connectivity index (χ4v) is 4.51. The monoisotopic (exact) mass is 411 g/mol. The number of anilines is 1. The van der Waals surface area contributed by atoms with Crippen molar-refractivity contribution in [2.45, 2.75) is 38.3 Å². The molecule has 0 saturated carbocycles. The van der Waals surface area contributed by atoms with Crippen molar-refractivity contribution in [2.75, 3.05) is 11.4 Å². The molecule has 29 heavy (non-hydrogen) atoms. The van der Waals surface area contributed by atoms with Crippen molar-refractivity contribution >= 4 is 35.1 Å². The molecule has 2 aromatic carbocycles. The van der Waals surface area contributed by atoms with Gasteiger partial charge in [0.05, 0.1) is 0 Å². The maximum Gasteiger partial charge on any atom is 0.325 e. The average Bonchev–Trinajstić information content (AvgIpc) is 3.16. The number of rotatable bonds is 4. The van der Waals surface area contributed by atoms with Gasteiger partial charge in [-0.2, -0.15) is 0 Å². The second-order valence-corrected chi connectivity index (χ2v) is 7.97. The number of hydrogen-bond acceptors (Lipinski definition) is 3. The van der Waals surface area contributed by atoms with Crippen LogP contribution in [0.2, 0.25) is 5.02 Å². The van der Waals surface area contributed by atoms with E-state index in [0.29, 0.717) is 17.0 Å². The summed E-state index contributed by atoms with van der Waals surface area (Å²) in [4.78, 5) is 41.8. The van der Waals surface area contributed by atoms with Crippen LogP contribution < -0.4 is 10.2 Å². The molecule has 0 aliphatic carbocycles. The number of amides is 4. The Hall–Kier alpha value is -2.86. The molecule has 150 valence electrons. The molecule has 6 nitrogen and oxygen atoms in total. The summed E-state index contributed by atoms with van der Waals surface area (Å²) in [6, 6.07) is 14.0. The Morgan fingerprint density at radius 1 is 1.21 bits per heavy atom. The van der Waals surface area contributed by atoms with Crippen LogP contribution in [0.1, 0.15) is 31.4 Å². The Kier molecular flexibility index (Phi) is 4.82. The molecule has 2 aliphatic rings. The molecule has 1 saturated heterocycles. The van der Waals surface area contributed by atoms with Gasteiger partial charge in [0, 0.05) is 16.8 Å². The van der Waals surface area contributed by atoms with Gasteiger partial charge in [-0.3, -0.25) is 14.5 Å². The quantitative estimate of drug-likeness (QED) is 0.783. The molecule has 2 aromatic rings. The summed E-state index contributed by atoms with van der Waals surface area (Å²) in [5.41, 5.74) is 1.33. The van der Waals surface area contributed by atoms with Crippen LogP contribution in [-0.2, 0) is 21.5 Å². The number of nitrogens with one attached hydrogen (secondary N) is 1. The molecule has 4 rings (SSSR count). The summed E-state index contributed by atoms with van der Waals surface area (Å²) in [7, 11) is 0. The molecule has 0 bridgehead atoms. The topological polar surface area (TPSA) is 69.7 Å². The summed E-state index contributed by atoms with van der Waals surface area (Å²) in [6.07, 6.45) is 1.11. The highest BCUT2D eigenvalue weighted by Gasteiger charge is 2.52. The van der Waals surface area contributed by atoms with Crippen molar-refractivity contribution in [1.82, 2.24) is 10.2 Å². The second-order valence-electron chi connectivity index (χ2n) is 7.54. The lowest BCUT2D eigenvalue weighted by atomic mass is 9.87. The Labute approximate surface area is 174 Å². The molecular weight excluding hydrogens is 390 g/mol. The number of para-hydroxylation sites is 1. The molecule has 7 heteroatoms. The van der Waals surface area contributed by atoms with Gasteiger partial charge in [0.15, 0.2) is 0 Å². The molecule has 0 spiro atoms. The van der Waals surface area contributed by atoms with E-state index < -0.39 is 17.5 Å². The first-order chi connectivity index (χ1) is 13.9. The Balaban J connectivity index is 1.61. The minimum atomic E-state index is -1.21. The largest absolute Gasteiger partial charge is 0.325 e. The van der Waals surface area contributed by atoms with Crippen LogP contribution in [0.15, 0.2) is 48.5 Å². The number of benzene rings is 2. The van der Waals surface area contributed by atoms with E-state index in [1.54, 1.807) is 29.2 Å². The number of fused-ring (bicyclic) bond motifs is 1. The van der Waals surface area contributed by atoms with E-state index >= 15 is 0 Å². The highest BCUT2D eigenvalue weighted by atomic mass is 35.5. The van der Waals surface area contributed by atoms with Crippen LogP contribution in [0.5, 0.6) is 0 Å². The van der Waals surface area contributed by atoms with Crippen molar-refractivity contribution < 1.29 is 14.4 Å². The number of carbonyl (C=O) groups is 3. The third-order valence-electron chi connectivity index (χ3n) is 5.79. The van der Waals surface area contributed by atoms with Crippen LogP contribution in [-0.4, -0.2) is 35.3 Å². The molecule has 4 amide bonds. The Morgan fingerprint density at radius 2 is 1.97 bits per heavy atom. The van der Waals surface area contributed by atoms with Crippen LogP contribution in [0.4, 0.5) is 10.5 Å². The zero-order valence-electron chi connectivity index (χ0n) is 16.3. The molecule has 1 fully saturated rings. The van der Waals surface area contributed by atoms with Crippen molar-refractivity contribution in [3.8, 4) is 0 Å². The zero-order chi connectivity index (χ0) is 20.8.